The highest BCUT2D eigenvalue weighted by atomic mass is 16.6. The molecule has 0 N–H and O–H groups in total. The molecule has 5 nitrogen and oxygen atoms in total. The minimum absolute atomic E-state index is 0.0288. The van der Waals surface area contributed by atoms with E-state index in [0.717, 1.165) is 5.57 Å². The van der Waals surface area contributed by atoms with Gasteiger partial charge in [0.15, 0.2) is 5.78 Å². The first-order chi connectivity index (χ1) is 8.69. The van der Waals surface area contributed by atoms with Crippen molar-refractivity contribution in [3.05, 3.63) is 12.2 Å². The maximum atomic E-state index is 11.9. The molecule has 0 bridgehead atoms. The van der Waals surface area contributed by atoms with Crippen LogP contribution in [0.25, 0.3) is 0 Å². The Morgan fingerprint density at radius 3 is 2.63 bits per heavy atom. The van der Waals surface area contributed by atoms with Crippen LogP contribution in [0, 0.1) is 0 Å². The quantitative estimate of drug-likeness (QED) is 0.737. The second kappa shape index (κ2) is 6.19. The molecule has 19 heavy (non-hydrogen) atoms. The molecule has 1 amide bonds. The van der Waals surface area contributed by atoms with Crippen molar-refractivity contribution in [1.29, 1.82) is 0 Å². The molecular formula is C14H23NO4. The van der Waals surface area contributed by atoms with Crippen LogP contribution in [0.5, 0.6) is 0 Å². The Hall–Kier alpha value is -1.36. The molecule has 1 saturated heterocycles. The van der Waals surface area contributed by atoms with Gasteiger partial charge in [-0.05, 0) is 27.7 Å². The zero-order valence-electron chi connectivity index (χ0n) is 12.2. The van der Waals surface area contributed by atoms with Crippen LogP contribution in [0.2, 0.25) is 0 Å². The van der Waals surface area contributed by atoms with Crippen molar-refractivity contribution in [2.24, 2.45) is 0 Å². The van der Waals surface area contributed by atoms with Crippen LogP contribution in [0.15, 0.2) is 12.2 Å². The maximum Gasteiger partial charge on any atom is 0.410 e. The molecule has 1 heterocycles. The lowest BCUT2D eigenvalue weighted by molar-refractivity contribution is -0.134. The highest BCUT2D eigenvalue weighted by Crippen LogP contribution is 2.15. The van der Waals surface area contributed by atoms with Crippen LogP contribution in [0.3, 0.4) is 0 Å². The standard InChI is InChI=1S/C14H23NO4/c1-10(2)9-18-12-8-15(7-6-11(12)16)13(17)19-14(3,4)5/h12H,1,6-9H2,2-5H3. The largest absolute Gasteiger partial charge is 0.444 e. The fourth-order valence-electron chi connectivity index (χ4n) is 1.68. The van der Waals surface area contributed by atoms with Gasteiger partial charge in [0.25, 0.3) is 0 Å². The van der Waals surface area contributed by atoms with Crippen LogP contribution in [0.1, 0.15) is 34.1 Å². The number of nitrogens with zero attached hydrogens (tertiary/aromatic N) is 1. The van der Waals surface area contributed by atoms with Crippen molar-refractivity contribution < 1.29 is 19.1 Å². The lowest BCUT2D eigenvalue weighted by atomic mass is 10.1. The number of hydrogen-bond acceptors (Lipinski definition) is 4. The molecule has 108 valence electrons. The summed E-state index contributed by atoms with van der Waals surface area (Å²) in [5, 5.41) is 0. The summed E-state index contributed by atoms with van der Waals surface area (Å²) in [7, 11) is 0. The van der Waals surface area contributed by atoms with Crippen molar-refractivity contribution in [1.82, 2.24) is 4.90 Å². The summed E-state index contributed by atoms with van der Waals surface area (Å²) in [6, 6.07) is 0. The van der Waals surface area contributed by atoms with Crippen LogP contribution in [-0.2, 0) is 14.3 Å². The first kappa shape index (κ1) is 15.7. The Morgan fingerprint density at radius 2 is 2.11 bits per heavy atom. The van der Waals surface area contributed by atoms with E-state index in [1.54, 1.807) is 0 Å². The Bertz CT molecular complexity index is 370. The predicted molar refractivity (Wildman–Crippen MR) is 72.0 cm³/mol. The van der Waals surface area contributed by atoms with Gasteiger partial charge in [-0.2, -0.15) is 0 Å². The summed E-state index contributed by atoms with van der Waals surface area (Å²) in [5.41, 5.74) is 0.314. The smallest absolute Gasteiger partial charge is 0.410 e. The molecule has 0 spiro atoms. The number of carbonyl (C=O) groups is 2. The third-order valence-corrected chi connectivity index (χ3v) is 2.56. The third kappa shape index (κ3) is 5.42. The normalized spacial score (nSPS) is 20.3. The van der Waals surface area contributed by atoms with E-state index in [-0.39, 0.29) is 12.3 Å². The van der Waals surface area contributed by atoms with Crippen LogP contribution in [-0.4, -0.2) is 48.2 Å². The number of likely N-dealkylation sites (tertiary alicyclic amines) is 1. The first-order valence-electron chi connectivity index (χ1n) is 6.45. The molecule has 0 saturated carbocycles. The number of ether oxygens (including phenoxy) is 2. The maximum absolute atomic E-state index is 11.9. The Labute approximate surface area is 114 Å². The summed E-state index contributed by atoms with van der Waals surface area (Å²) in [6.07, 6.45) is -0.665. The van der Waals surface area contributed by atoms with E-state index >= 15 is 0 Å². The van der Waals surface area contributed by atoms with Gasteiger partial charge in [0, 0.05) is 13.0 Å². The van der Waals surface area contributed by atoms with Gasteiger partial charge >= 0.3 is 6.09 Å². The molecule has 0 aromatic rings. The molecule has 0 radical (unpaired) electrons. The van der Waals surface area contributed by atoms with Crippen LogP contribution >= 0.6 is 0 Å². The van der Waals surface area contributed by atoms with E-state index in [1.807, 2.05) is 27.7 Å². The Kier molecular flexibility index (Phi) is 5.11. The average Bonchev–Trinajstić information content (AvgIpc) is 2.25. The third-order valence-electron chi connectivity index (χ3n) is 2.56. The molecule has 0 aliphatic carbocycles. The van der Waals surface area contributed by atoms with Crippen molar-refractivity contribution >= 4 is 11.9 Å². The summed E-state index contributed by atoms with van der Waals surface area (Å²) in [6.45, 7) is 12.0. The van der Waals surface area contributed by atoms with Gasteiger partial charge in [-0.3, -0.25) is 4.79 Å². The number of hydrogen-bond donors (Lipinski definition) is 0. The molecule has 1 aliphatic rings. The van der Waals surface area contributed by atoms with E-state index in [9.17, 15) is 9.59 Å². The zero-order chi connectivity index (χ0) is 14.6. The number of Topliss-reactive ketones (excluding diaryl/α,β-unsaturated/α-hetero) is 1. The van der Waals surface area contributed by atoms with E-state index < -0.39 is 17.8 Å². The van der Waals surface area contributed by atoms with Gasteiger partial charge in [-0.15, -0.1) is 0 Å². The molecule has 5 heteroatoms. The minimum Gasteiger partial charge on any atom is -0.444 e. The van der Waals surface area contributed by atoms with E-state index in [2.05, 4.69) is 6.58 Å². The molecule has 0 aromatic heterocycles. The zero-order valence-corrected chi connectivity index (χ0v) is 12.2. The van der Waals surface area contributed by atoms with Crippen molar-refractivity contribution in [3.63, 3.8) is 0 Å². The van der Waals surface area contributed by atoms with Gasteiger partial charge in [0.1, 0.15) is 11.7 Å². The summed E-state index contributed by atoms with van der Waals surface area (Å²) < 4.78 is 10.8. The minimum atomic E-state index is -0.571. The van der Waals surface area contributed by atoms with Gasteiger partial charge < -0.3 is 14.4 Å². The van der Waals surface area contributed by atoms with Crippen molar-refractivity contribution in [2.45, 2.75) is 45.8 Å². The topological polar surface area (TPSA) is 55.8 Å². The lowest BCUT2D eigenvalue weighted by Crippen LogP contribution is -2.49. The number of amides is 1. The second-order valence-electron chi connectivity index (χ2n) is 5.90. The predicted octanol–water partition coefficient (Wildman–Crippen LogP) is 2.16. The molecule has 0 aromatic carbocycles. The molecular weight excluding hydrogens is 246 g/mol. The average molecular weight is 269 g/mol. The Morgan fingerprint density at radius 1 is 1.47 bits per heavy atom. The number of rotatable bonds is 3. The number of carbonyl (C=O) groups excluding carboxylic acids is 2. The molecule has 1 unspecified atom stereocenters. The number of piperidine rings is 1. The summed E-state index contributed by atoms with van der Waals surface area (Å²) >= 11 is 0. The van der Waals surface area contributed by atoms with Crippen molar-refractivity contribution in [3.8, 4) is 0 Å². The highest BCUT2D eigenvalue weighted by molar-refractivity contribution is 5.86. The van der Waals surface area contributed by atoms with Gasteiger partial charge in [-0.25, -0.2) is 4.79 Å². The van der Waals surface area contributed by atoms with Crippen LogP contribution < -0.4 is 0 Å². The molecule has 1 fully saturated rings. The fourth-order valence-corrected chi connectivity index (χ4v) is 1.68. The first-order valence-corrected chi connectivity index (χ1v) is 6.45. The summed E-state index contributed by atoms with van der Waals surface area (Å²) in [5.74, 6) is 0.0288. The second-order valence-corrected chi connectivity index (χ2v) is 5.90. The van der Waals surface area contributed by atoms with Gasteiger partial charge in [0.2, 0.25) is 0 Å². The molecule has 1 rings (SSSR count). The lowest BCUT2D eigenvalue weighted by Gasteiger charge is -2.33. The van der Waals surface area contributed by atoms with Gasteiger partial charge in [0.05, 0.1) is 13.2 Å². The monoisotopic (exact) mass is 269 g/mol. The molecule has 1 atom stereocenters. The SMILES string of the molecule is C=C(C)COC1CN(C(=O)OC(C)(C)C)CCC1=O. The molecule has 1 aliphatic heterocycles. The highest BCUT2D eigenvalue weighted by Gasteiger charge is 2.32. The van der Waals surface area contributed by atoms with E-state index in [4.69, 9.17) is 9.47 Å². The Balaban J connectivity index is 2.56. The fraction of sp³-hybridized carbons (Fsp3) is 0.714. The van der Waals surface area contributed by atoms with E-state index in [1.165, 1.54) is 4.90 Å². The van der Waals surface area contributed by atoms with Gasteiger partial charge in [-0.1, -0.05) is 12.2 Å². The van der Waals surface area contributed by atoms with Crippen molar-refractivity contribution in [2.75, 3.05) is 19.7 Å². The summed E-state index contributed by atoms with van der Waals surface area (Å²) in [4.78, 5) is 25.2. The number of ketones is 1. The van der Waals surface area contributed by atoms with E-state index in [0.29, 0.717) is 19.6 Å². The van der Waals surface area contributed by atoms with Crippen LogP contribution in [0.4, 0.5) is 4.79 Å².